The van der Waals surface area contributed by atoms with Gasteiger partial charge in [-0.15, -0.1) is 0 Å². The Labute approximate surface area is 130 Å². The summed E-state index contributed by atoms with van der Waals surface area (Å²) in [6.07, 6.45) is 2.77. The van der Waals surface area contributed by atoms with Crippen molar-refractivity contribution in [2.24, 2.45) is 11.3 Å². The molecule has 1 saturated carbocycles. The maximum absolute atomic E-state index is 3.55. The summed E-state index contributed by atoms with van der Waals surface area (Å²) in [7, 11) is 2.09. The van der Waals surface area contributed by atoms with Gasteiger partial charge in [0.25, 0.3) is 0 Å². The molecule has 1 atom stereocenters. The molecule has 118 valence electrons. The highest BCUT2D eigenvalue weighted by Gasteiger charge is 2.37. The van der Waals surface area contributed by atoms with Crippen LogP contribution in [0.15, 0.2) is 30.3 Å². The zero-order valence-electron chi connectivity index (χ0n) is 14.4. The van der Waals surface area contributed by atoms with Crippen LogP contribution in [-0.2, 0) is 0 Å². The normalized spacial score (nSPS) is 17.5. The van der Waals surface area contributed by atoms with Crippen LogP contribution in [0.4, 0.5) is 0 Å². The molecule has 2 nitrogen and oxygen atoms in total. The Bertz CT molecular complexity index is 420. The van der Waals surface area contributed by atoms with Crippen LogP contribution >= 0.6 is 0 Å². The van der Waals surface area contributed by atoms with Crippen LogP contribution in [0.5, 0.6) is 0 Å². The van der Waals surface area contributed by atoms with Gasteiger partial charge in [0.05, 0.1) is 0 Å². The van der Waals surface area contributed by atoms with Gasteiger partial charge in [-0.05, 0) is 36.8 Å². The van der Waals surface area contributed by atoms with Crippen LogP contribution in [-0.4, -0.2) is 31.1 Å². The first kappa shape index (κ1) is 16.5. The molecule has 1 aliphatic carbocycles. The van der Waals surface area contributed by atoms with Crippen LogP contribution in [0.2, 0.25) is 0 Å². The third kappa shape index (κ3) is 4.55. The number of benzene rings is 1. The van der Waals surface area contributed by atoms with Crippen molar-refractivity contribution in [2.45, 2.75) is 52.6 Å². The highest BCUT2D eigenvalue weighted by Crippen LogP contribution is 2.37. The van der Waals surface area contributed by atoms with Crippen molar-refractivity contribution in [1.29, 1.82) is 0 Å². The molecule has 0 bridgehead atoms. The third-order valence-electron chi connectivity index (χ3n) is 4.48. The molecule has 0 radical (unpaired) electrons. The van der Waals surface area contributed by atoms with Crippen molar-refractivity contribution in [3.8, 4) is 0 Å². The van der Waals surface area contributed by atoms with E-state index >= 15 is 0 Å². The van der Waals surface area contributed by atoms with Crippen molar-refractivity contribution >= 4 is 0 Å². The van der Waals surface area contributed by atoms with Crippen LogP contribution in [0, 0.1) is 11.3 Å². The quantitative estimate of drug-likeness (QED) is 0.775. The molecule has 1 aromatic carbocycles. The summed E-state index contributed by atoms with van der Waals surface area (Å²) in [6.45, 7) is 11.8. The van der Waals surface area contributed by atoms with Gasteiger partial charge in [0.1, 0.15) is 0 Å². The van der Waals surface area contributed by atoms with E-state index in [9.17, 15) is 0 Å². The summed E-state index contributed by atoms with van der Waals surface area (Å²) >= 11 is 0. The Kier molecular flexibility index (Phi) is 5.45. The van der Waals surface area contributed by atoms with Gasteiger partial charge < -0.3 is 5.32 Å². The van der Waals surface area contributed by atoms with E-state index in [1.54, 1.807) is 0 Å². The summed E-state index contributed by atoms with van der Waals surface area (Å²) in [5, 5.41) is 3.55. The first-order chi connectivity index (χ1) is 9.94. The van der Waals surface area contributed by atoms with Crippen LogP contribution in [0.3, 0.4) is 0 Å². The van der Waals surface area contributed by atoms with Crippen molar-refractivity contribution in [2.75, 3.05) is 20.1 Å². The molecule has 0 spiro atoms. The van der Waals surface area contributed by atoms with Gasteiger partial charge in [0, 0.05) is 25.2 Å². The van der Waals surface area contributed by atoms with Gasteiger partial charge in [-0.1, -0.05) is 58.0 Å². The Morgan fingerprint density at radius 2 is 1.81 bits per heavy atom. The lowest BCUT2D eigenvalue weighted by molar-refractivity contribution is 0.122. The molecule has 0 saturated heterocycles. The molecular formula is C19H32N2. The highest BCUT2D eigenvalue weighted by molar-refractivity contribution is 5.21. The van der Waals surface area contributed by atoms with E-state index in [0.717, 1.165) is 18.5 Å². The standard InChI is InChI=1S/C19H32N2/c1-15(2)13-21(17-11-12-17)14-19(3,4)18(20-5)16-9-7-6-8-10-16/h6-10,15,17-18,20H,11-14H2,1-5H3. The van der Waals surface area contributed by atoms with E-state index < -0.39 is 0 Å². The fraction of sp³-hybridized carbons (Fsp3) is 0.684. The smallest absolute Gasteiger partial charge is 0.0381 e. The minimum Gasteiger partial charge on any atom is -0.313 e. The minimum absolute atomic E-state index is 0.216. The van der Waals surface area contributed by atoms with E-state index in [2.05, 4.69) is 75.3 Å². The molecule has 21 heavy (non-hydrogen) atoms. The van der Waals surface area contributed by atoms with Gasteiger partial charge in [-0.25, -0.2) is 0 Å². The topological polar surface area (TPSA) is 15.3 Å². The highest BCUT2D eigenvalue weighted by atomic mass is 15.2. The number of nitrogens with one attached hydrogen (secondary N) is 1. The molecule has 0 heterocycles. The van der Waals surface area contributed by atoms with Crippen LogP contribution in [0.25, 0.3) is 0 Å². The van der Waals surface area contributed by atoms with Gasteiger partial charge >= 0.3 is 0 Å². The predicted molar refractivity (Wildman–Crippen MR) is 91.5 cm³/mol. The van der Waals surface area contributed by atoms with Crippen molar-refractivity contribution < 1.29 is 0 Å². The van der Waals surface area contributed by atoms with Crippen LogP contribution in [0.1, 0.15) is 52.1 Å². The number of nitrogens with zero attached hydrogens (tertiary/aromatic N) is 1. The first-order valence-electron chi connectivity index (χ1n) is 8.40. The largest absolute Gasteiger partial charge is 0.313 e. The predicted octanol–water partition coefficient (Wildman–Crippen LogP) is 4.09. The summed E-state index contributed by atoms with van der Waals surface area (Å²) in [5.74, 6) is 0.742. The Hall–Kier alpha value is -0.860. The number of hydrogen-bond donors (Lipinski definition) is 1. The van der Waals surface area contributed by atoms with Crippen LogP contribution < -0.4 is 5.32 Å². The number of rotatable bonds is 8. The lowest BCUT2D eigenvalue weighted by Crippen LogP contribution is -2.44. The molecule has 2 rings (SSSR count). The second-order valence-electron chi connectivity index (χ2n) is 7.68. The van der Waals surface area contributed by atoms with Gasteiger partial charge in [-0.3, -0.25) is 4.90 Å². The maximum atomic E-state index is 3.55. The van der Waals surface area contributed by atoms with Crippen molar-refractivity contribution in [3.05, 3.63) is 35.9 Å². The molecule has 1 fully saturated rings. The van der Waals surface area contributed by atoms with Crippen molar-refractivity contribution in [1.82, 2.24) is 10.2 Å². The molecule has 1 unspecified atom stereocenters. The second-order valence-corrected chi connectivity index (χ2v) is 7.68. The molecule has 0 aliphatic heterocycles. The van der Waals surface area contributed by atoms with E-state index in [1.807, 2.05) is 0 Å². The number of hydrogen-bond acceptors (Lipinski definition) is 2. The van der Waals surface area contributed by atoms with E-state index in [4.69, 9.17) is 0 Å². The third-order valence-corrected chi connectivity index (χ3v) is 4.48. The zero-order chi connectivity index (χ0) is 15.5. The second kappa shape index (κ2) is 6.93. The summed E-state index contributed by atoms with van der Waals surface area (Å²) in [5.41, 5.74) is 1.61. The van der Waals surface area contributed by atoms with Crippen molar-refractivity contribution in [3.63, 3.8) is 0 Å². The summed E-state index contributed by atoms with van der Waals surface area (Å²) in [4.78, 5) is 2.72. The van der Waals surface area contributed by atoms with Gasteiger partial charge in [-0.2, -0.15) is 0 Å². The maximum Gasteiger partial charge on any atom is 0.0381 e. The lowest BCUT2D eigenvalue weighted by Gasteiger charge is -2.39. The lowest BCUT2D eigenvalue weighted by atomic mass is 9.79. The molecule has 2 heteroatoms. The molecular weight excluding hydrogens is 256 g/mol. The Morgan fingerprint density at radius 1 is 1.19 bits per heavy atom. The first-order valence-corrected chi connectivity index (χ1v) is 8.40. The van der Waals surface area contributed by atoms with E-state index in [1.165, 1.54) is 24.9 Å². The molecule has 0 amide bonds. The molecule has 1 aromatic rings. The van der Waals surface area contributed by atoms with E-state index in [-0.39, 0.29) is 5.41 Å². The van der Waals surface area contributed by atoms with Gasteiger partial charge in [0.15, 0.2) is 0 Å². The minimum atomic E-state index is 0.216. The van der Waals surface area contributed by atoms with Gasteiger partial charge in [0.2, 0.25) is 0 Å². The molecule has 1 aliphatic rings. The summed E-state index contributed by atoms with van der Waals surface area (Å²) < 4.78 is 0. The fourth-order valence-corrected chi connectivity index (χ4v) is 3.52. The SMILES string of the molecule is CNC(c1ccccc1)C(C)(C)CN(CC(C)C)C1CC1. The van der Waals surface area contributed by atoms with E-state index in [0.29, 0.717) is 6.04 Å². The fourth-order valence-electron chi connectivity index (χ4n) is 3.52. The average molecular weight is 288 g/mol. The average Bonchev–Trinajstić information content (AvgIpc) is 3.23. The summed E-state index contributed by atoms with van der Waals surface area (Å²) in [6, 6.07) is 12.1. The molecule has 1 N–H and O–H groups in total. The Balaban J connectivity index is 2.10. The molecule has 0 aromatic heterocycles. The monoisotopic (exact) mass is 288 g/mol. The Morgan fingerprint density at radius 3 is 2.29 bits per heavy atom. The zero-order valence-corrected chi connectivity index (χ0v) is 14.4.